The minimum absolute atomic E-state index is 0.116. The normalized spacial score (nSPS) is 11.5. The zero-order chi connectivity index (χ0) is 17.7. The second-order valence-electron chi connectivity index (χ2n) is 5.75. The average molecular weight is 344 g/mol. The molecule has 0 aliphatic heterocycles. The minimum Gasteiger partial charge on any atom is -0.493 e. The fourth-order valence-electron chi connectivity index (χ4n) is 2.67. The van der Waals surface area contributed by atoms with Crippen molar-refractivity contribution in [2.45, 2.75) is 26.8 Å². The maximum atomic E-state index is 5.43. The third-order valence-corrected chi connectivity index (χ3v) is 4.10. The van der Waals surface area contributed by atoms with Crippen LogP contribution < -0.4 is 20.1 Å². The number of hydrogen-bond acceptors (Lipinski definition) is 3. The highest BCUT2D eigenvalue weighted by Gasteiger charge is 2.11. The molecular formula is C19H24N2O2S. The number of nitrogens with one attached hydrogen (secondary N) is 2. The van der Waals surface area contributed by atoms with Gasteiger partial charge in [-0.05, 0) is 56.2 Å². The molecule has 0 aliphatic carbocycles. The molecule has 0 radical (unpaired) electrons. The Kier molecular flexibility index (Phi) is 6.04. The summed E-state index contributed by atoms with van der Waals surface area (Å²) in [5.41, 5.74) is 4.59. The van der Waals surface area contributed by atoms with Crippen LogP contribution in [0.5, 0.6) is 11.5 Å². The van der Waals surface area contributed by atoms with Crippen LogP contribution in [0.2, 0.25) is 0 Å². The largest absolute Gasteiger partial charge is 0.493 e. The summed E-state index contributed by atoms with van der Waals surface area (Å²) in [4.78, 5) is 0. The van der Waals surface area contributed by atoms with E-state index in [9.17, 15) is 0 Å². The van der Waals surface area contributed by atoms with Crippen LogP contribution in [0.4, 0.5) is 5.69 Å². The van der Waals surface area contributed by atoms with Crippen LogP contribution in [0.3, 0.4) is 0 Å². The first-order valence-electron chi connectivity index (χ1n) is 7.81. The van der Waals surface area contributed by atoms with Gasteiger partial charge in [-0.25, -0.2) is 0 Å². The highest BCUT2D eigenvalue weighted by molar-refractivity contribution is 7.80. The predicted molar refractivity (Wildman–Crippen MR) is 103 cm³/mol. The fourth-order valence-corrected chi connectivity index (χ4v) is 2.96. The van der Waals surface area contributed by atoms with Crippen LogP contribution in [0.25, 0.3) is 0 Å². The number of hydrogen-bond donors (Lipinski definition) is 2. The second-order valence-corrected chi connectivity index (χ2v) is 6.16. The van der Waals surface area contributed by atoms with E-state index in [4.69, 9.17) is 21.7 Å². The lowest BCUT2D eigenvalue weighted by Gasteiger charge is -2.20. The summed E-state index contributed by atoms with van der Waals surface area (Å²) in [6, 6.07) is 12.2. The van der Waals surface area contributed by atoms with Crippen molar-refractivity contribution >= 4 is 23.0 Å². The minimum atomic E-state index is 0.116. The van der Waals surface area contributed by atoms with Gasteiger partial charge in [0.25, 0.3) is 0 Å². The Bertz CT molecular complexity index is 731. The lowest BCUT2D eigenvalue weighted by Crippen LogP contribution is -2.31. The van der Waals surface area contributed by atoms with Crippen LogP contribution in [0, 0.1) is 13.8 Å². The molecule has 2 aromatic carbocycles. The van der Waals surface area contributed by atoms with Gasteiger partial charge in [0.2, 0.25) is 0 Å². The van der Waals surface area contributed by atoms with Crippen molar-refractivity contribution in [3.05, 3.63) is 53.1 Å². The second kappa shape index (κ2) is 8.02. The molecule has 128 valence electrons. The molecule has 0 saturated carbocycles. The van der Waals surface area contributed by atoms with Gasteiger partial charge >= 0.3 is 0 Å². The lowest BCUT2D eigenvalue weighted by molar-refractivity contribution is 0.355. The molecule has 1 atom stereocenters. The van der Waals surface area contributed by atoms with Crippen molar-refractivity contribution in [1.82, 2.24) is 5.32 Å². The van der Waals surface area contributed by atoms with E-state index in [0.717, 1.165) is 5.69 Å². The summed E-state index contributed by atoms with van der Waals surface area (Å²) in [7, 11) is 3.23. The molecular weight excluding hydrogens is 320 g/mol. The lowest BCUT2D eigenvalue weighted by atomic mass is 10.0. The first-order chi connectivity index (χ1) is 11.4. The summed E-state index contributed by atoms with van der Waals surface area (Å²) in [5, 5.41) is 7.07. The van der Waals surface area contributed by atoms with E-state index in [1.165, 1.54) is 16.7 Å². The van der Waals surface area contributed by atoms with Crippen LogP contribution in [0.1, 0.15) is 29.7 Å². The molecule has 2 rings (SSSR count). The molecule has 5 heteroatoms. The van der Waals surface area contributed by atoms with Crippen LogP contribution >= 0.6 is 12.2 Å². The van der Waals surface area contributed by atoms with Crippen molar-refractivity contribution in [1.29, 1.82) is 0 Å². The van der Waals surface area contributed by atoms with Gasteiger partial charge in [0, 0.05) is 11.8 Å². The molecule has 0 aliphatic rings. The fraction of sp³-hybridized carbons (Fsp3) is 0.316. The first kappa shape index (κ1) is 18.1. The van der Waals surface area contributed by atoms with Crippen LogP contribution in [0.15, 0.2) is 36.4 Å². The molecule has 4 nitrogen and oxygen atoms in total. The van der Waals surface area contributed by atoms with E-state index >= 15 is 0 Å². The van der Waals surface area contributed by atoms with Gasteiger partial charge < -0.3 is 20.1 Å². The molecule has 0 saturated heterocycles. The Labute approximate surface area is 149 Å². The standard InChI is InChI=1S/C19H24N2O2S/c1-12-6-8-16(13(2)10-12)14(3)20-19(24)21-15-7-9-17(22-4)18(11-15)23-5/h6-11,14H,1-5H3,(H2,20,21,24)/t14-/m1/s1. The molecule has 0 unspecified atom stereocenters. The summed E-state index contributed by atoms with van der Waals surface area (Å²) >= 11 is 5.43. The highest BCUT2D eigenvalue weighted by Crippen LogP contribution is 2.29. The van der Waals surface area contributed by atoms with E-state index in [1.807, 2.05) is 18.2 Å². The van der Waals surface area contributed by atoms with Gasteiger partial charge in [-0.15, -0.1) is 0 Å². The molecule has 0 heterocycles. The smallest absolute Gasteiger partial charge is 0.171 e. The van der Waals surface area contributed by atoms with E-state index in [1.54, 1.807) is 14.2 Å². The van der Waals surface area contributed by atoms with E-state index in [-0.39, 0.29) is 6.04 Å². The number of methoxy groups -OCH3 is 2. The van der Waals surface area contributed by atoms with Crippen molar-refractivity contribution in [2.75, 3.05) is 19.5 Å². The number of rotatable bonds is 5. The topological polar surface area (TPSA) is 42.5 Å². The molecule has 0 aromatic heterocycles. The Balaban J connectivity index is 2.05. The third kappa shape index (κ3) is 4.38. The Morgan fingerprint density at radius 3 is 2.33 bits per heavy atom. The monoisotopic (exact) mass is 344 g/mol. The summed E-state index contributed by atoms with van der Waals surface area (Å²) < 4.78 is 10.5. The Hall–Kier alpha value is -2.27. The molecule has 0 fully saturated rings. The average Bonchev–Trinajstić information content (AvgIpc) is 2.54. The Morgan fingerprint density at radius 1 is 1.00 bits per heavy atom. The van der Waals surface area contributed by atoms with Crippen molar-refractivity contribution < 1.29 is 9.47 Å². The number of thiocarbonyl (C=S) groups is 1. The number of aryl methyl sites for hydroxylation is 2. The molecule has 24 heavy (non-hydrogen) atoms. The molecule has 0 bridgehead atoms. The summed E-state index contributed by atoms with van der Waals surface area (Å²) in [6.45, 7) is 6.31. The van der Waals surface area contributed by atoms with Gasteiger partial charge in [0.05, 0.1) is 20.3 Å². The highest BCUT2D eigenvalue weighted by atomic mass is 32.1. The van der Waals surface area contributed by atoms with Gasteiger partial charge in [0.15, 0.2) is 16.6 Å². The zero-order valence-corrected chi connectivity index (χ0v) is 15.6. The van der Waals surface area contributed by atoms with E-state index < -0.39 is 0 Å². The predicted octanol–water partition coefficient (Wildman–Crippen LogP) is 4.37. The summed E-state index contributed by atoms with van der Waals surface area (Å²) in [5.74, 6) is 1.35. The molecule has 2 N–H and O–H groups in total. The molecule has 2 aromatic rings. The van der Waals surface area contributed by atoms with Gasteiger partial charge in [-0.1, -0.05) is 23.8 Å². The molecule has 0 spiro atoms. The van der Waals surface area contributed by atoms with Gasteiger partial charge in [-0.3, -0.25) is 0 Å². The Morgan fingerprint density at radius 2 is 1.71 bits per heavy atom. The van der Waals surface area contributed by atoms with Crippen LogP contribution in [-0.2, 0) is 0 Å². The third-order valence-electron chi connectivity index (χ3n) is 3.88. The zero-order valence-electron chi connectivity index (χ0n) is 14.8. The number of benzene rings is 2. The van der Waals surface area contributed by atoms with Crippen molar-refractivity contribution in [2.24, 2.45) is 0 Å². The SMILES string of the molecule is COc1ccc(NC(=S)N[C@H](C)c2ccc(C)cc2C)cc1OC. The quantitative estimate of drug-likeness (QED) is 0.789. The summed E-state index contributed by atoms with van der Waals surface area (Å²) in [6.07, 6.45) is 0. The maximum absolute atomic E-state index is 5.43. The molecule has 0 amide bonds. The number of anilines is 1. The first-order valence-corrected chi connectivity index (χ1v) is 8.22. The van der Waals surface area contributed by atoms with Crippen LogP contribution in [-0.4, -0.2) is 19.3 Å². The van der Waals surface area contributed by atoms with E-state index in [2.05, 4.69) is 49.6 Å². The number of ether oxygens (including phenoxy) is 2. The van der Waals surface area contributed by atoms with Crippen molar-refractivity contribution in [3.63, 3.8) is 0 Å². The van der Waals surface area contributed by atoms with E-state index in [0.29, 0.717) is 16.6 Å². The van der Waals surface area contributed by atoms with Gasteiger partial charge in [-0.2, -0.15) is 0 Å². The van der Waals surface area contributed by atoms with Gasteiger partial charge in [0.1, 0.15) is 0 Å². The maximum Gasteiger partial charge on any atom is 0.171 e. The van der Waals surface area contributed by atoms with Crippen molar-refractivity contribution in [3.8, 4) is 11.5 Å².